The van der Waals surface area contributed by atoms with Gasteiger partial charge in [-0.05, 0) is 39.5 Å². The van der Waals surface area contributed by atoms with Gasteiger partial charge in [0.2, 0.25) is 29.5 Å². The number of aldehydes is 1. The van der Waals surface area contributed by atoms with Crippen molar-refractivity contribution in [1.29, 1.82) is 0 Å². The Hall–Kier alpha value is -3.51. The molecule has 0 saturated carbocycles. The SMILES string of the molecule is CC(C)C[C@@H]1NC(=O)[C@@H](NC(=O)OC(C)(C)C)Cc2nnc(o2)CNC(=O)CC[C@@H](C=O)NC1=O. The van der Waals surface area contributed by atoms with Crippen LogP contribution in [0.5, 0.6) is 0 Å². The van der Waals surface area contributed by atoms with E-state index in [1.165, 1.54) is 0 Å². The van der Waals surface area contributed by atoms with E-state index in [1.807, 2.05) is 13.8 Å². The molecule has 1 aliphatic heterocycles. The summed E-state index contributed by atoms with van der Waals surface area (Å²) in [5.41, 5.74) is -0.807. The normalized spacial score (nSPS) is 22.6. The highest BCUT2D eigenvalue weighted by molar-refractivity contribution is 5.92. The zero-order chi connectivity index (χ0) is 26.2. The molecule has 1 aliphatic rings. The van der Waals surface area contributed by atoms with Gasteiger partial charge in [-0.1, -0.05) is 13.8 Å². The Labute approximate surface area is 203 Å². The summed E-state index contributed by atoms with van der Waals surface area (Å²) in [5, 5.41) is 18.0. The van der Waals surface area contributed by atoms with Crippen LogP contribution < -0.4 is 21.3 Å². The highest BCUT2D eigenvalue weighted by atomic mass is 16.6. The summed E-state index contributed by atoms with van der Waals surface area (Å²) in [7, 11) is 0. The monoisotopic (exact) mass is 494 g/mol. The number of carbonyl (C=O) groups is 5. The molecule has 0 aromatic carbocycles. The van der Waals surface area contributed by atoms with Crippen molar-refractivity contribution in [3.63, 3.8) is 0 Å². The van der Waals surface area contributed by atoms with Crippen molar-refractivity contribution in [2.24, 2.45) is 5.92 Å². The third-order valence-corrected chi connectivity index (χ3v) is 4.85. The maximum Gasteiger partial charge on any atom is 0.408 e. The van der Waals surface area contributed by atoms with Gasteiger partial charge in [0.05, 0.1) is 19.0 Å². The van der Waals surface area contributed by atoms with Crippen molar-refractivity contribution < 1.29 is 33.1 Å². The minimum absolute atomic E-state index is 0.0201. The molecule has 0 fully saturated rings. The first-order valence-corrected chi connectivity index (χ1v) is 11.5. The number of hydrogen-bond donors (Lipinski definition) is 4. The van der Waals surface area contributed by atoms with Gasteiger partial charge in [0.15, 0.2) is 0 Å². The largest absolute Gasteiger partial charge is 0.444 e. The van der Waals surface area contributed by atoms with Crippen molar-refractivity contribution in [2.75, 3.05) is 0 Å². The fourth-order valence-electron chi connectivity index (χ4n) is 3.26. The van der Waals surface area contributed by atoms with Crippen LogP contribution in [0, 0.1) is 5.92 Å². The molecule has 0 aliphatic carbocycles. The molecular formula is C22H34N6O7. The molecule has 4 N–H and O–H groups in total. The van der Waals surface area contributed by atoms with E-state index in [9.17, 15) is 24.0 Å². The second-order valence-electron chi connectivity index (χ2n) is 9.75. The van der Waals surface area contributed by atoms with Crippen molar-refractivity contribution in [3.05, 3.63) is 11.8 Å². The summed E-state index contributed by atoms with van der Waals surface area (Å²) >= 11 is 0. The predicted octanol–water partition coefficient (Wildman–Crippen LogP) is 0.130. The number of ether oxygens (including phenoxy) is 1. The molecule has 2 rings (SSSR count). The average molecular weight is 495 g/mol. The van der Waals surface area contributed by atoms with E-state index in [0.717, 1.165) is 0 Å². The lowest BCUT2D eigenvalue weighted by Crippen LogP contribution is -2.56. The van der Waals surface area contributed by atoms with Crippen molar-refractivity contribution in [2.45, 2.75) is 90.6 Å². The molecule has 3 atom stereocenters. The number of carbonyl (C=O) groups excluding carboxylic acids is 5. The first-order chi connectivity index (χ1) is 16.4. The summed E-state index contributed by atoms with van der Waals surface area (Å²) in [6.45, 7) is 8.72. The summed E-state index contributed by atoms with van der Waals surface area (Å²) in [4.78, 5) is 62.1. The maximum absolute atomic E-state index is 13.2. The molecule has 1 aromatic heterocycles. The number of rotatable bonds is 4. The fourth-order valence-corrected chi connectivity index (χ4v) is 3.26. The fraction of sp³-hybridized carbons (Fsp3) is 0.682. The second-order valence-corrected chi connectivity index (χ2v) is 9.75. The third kappa shape index (κ3) is 9.71. The van der Waals surface area contributed by atoms with Gasteiger partial charge in [-0.15, -0.1) is 10.2 Å². The van der Waals surface area contributed by atoms with Crippen LogP contribution in [-0.2, 0) is 36.9 Å². The minimum atomic E-state index is -1.20. The van der Waals surface area contributed by atoms with E-state index in [4.69, 9.17) is 9.15 Å². The molecule has 4 amide bonds. The minimum Gasteiger partial charge on any atom is -0.444 e. The van der Waals surface area contributed by atoms with Gasteiger partial charge in [-0.3, -0.25) is 14.4 Å². The molecule has 194 valence electrons. The Morgan fingerprint density at radius 2 is 1.86 bits per heavy atom. The molecule has 35 heavy (non-hydrogen) atoms. The topological polar surface area (TPSA) is 182 Å². The van der Waals surface area contributed by atoms with E-state index in [2.05, 4.69) is 31.5 Å². The van der Waals surface area contributed by atoms with Gasteiger partial charge in [0.25, 0.3) is 0 Å². The molecule has 0 unspecified atom stereocenters. The predicted molar refractivity (Wildman–Crippen MR) is 122 cm³/mol. The van der Waals surface area contributed by atoms with Crippen LogP contribution in [0.25, 0.3) is 0 Å². The lowest BCUT2D eigenvalue weighted by atomic mass is 10.0. The summed E-state index contributed by atoms with van der Waals surface area (Å²) in [5.74, 6) is -1.44. The molecule has 0 radical (unpaired) electrons. The number of alkyl carbamates (subject to hydrolysis) is 1. The van der Waals surface area contributed by atoms with Crippen LogP contribution in [0.4, 0.5) is 4.79 Å². The number of nitrogens with zero attached hydrogens (tertiary/aromatic N) is 2. The zero-order valence-electron chi connectivity index (χ0n) is 20.7. The third-order valence-electron chi connectivity index (χ3n) is 4.85. The van der Waals surface area contributed by atoms with E-state index in [1.54, 1.807) is 20.8 Å². The van der Waals surface area contributed by atoms with Crippen LogP contribution >= 0.6 is 0 Å². The number of aromatic nitrogens is 2. The number of hydrogen-bond acceptors (Lipinski definition) is 9. The van der Waals surface area contributed by atoms with Crippen LogP contribution in [-0.4, -0.2) is 64.0 Å². The Bertz CT molecular complexity index is 924. The smallest absolute Gasteiger partial charge is 0.408 e. The van der Waals surface area contributed by atoms with Crippen molar-refractivity contribution >= 4 is 30.1 Å². The molecule has 2 bridgehead atoms. The van der Waals surface area contributed by atoms with Gasteiger partial charge in [0, 0.05) is 6.42 Å². The maximum atomic E-state index is 13.2. The van der Waals surface area contributed by atoms with Gasteiger partial charge in [-0.25, -0.2) is 4.79 Å². The zero-order valence-corrected chi connectivity index (χ0v) is 20.7. The lowest BCUT2D eigenvalue weighted by Gasteiger charge is -2.26. The van der Waals surface area contributed by atoms with E-state index in [-0.39, 0.29) is 55.8 Å². The second kappa shape index (κ2) is 12.3. The Morgan fingerprint density at radius 1 is 1.17 bits per heavy atom. The molecule has 0 saturated heterocycles. The van der Waals surface area contributed by atoms with Gasteiger partial charge in [0.1, 0.15) is 24.0 Å². The highest BCUT2D eigenvalue weighted by Gasteiger charge is 2.31. The Kier molecular flexibility index (Phi) is 9.72. The highest BCUT2D eigenvalue weighted by Crippen LogP contribution is 2.11. The van der Waals surface area contributed by atoms with Crippen LogP contribution in [0.15, 0.2) is 4.42 Å². The van der Waals surface area contributed by atoms with Crippen molar-refractivity contribution in [3.8, 4) is 0 Å². The summed E-state index contributed by atoms with van der Waals surface area (Å²) in [6, 6.07) is -3.11. The van der Waals surface area contributed by atoms with E-state index < -0.39 is 41.6 Å². The van der Waals surface area contributed by atoms with Gasteiger partial charge >= 0.3 is 6.09 Å². The van der Waals surface area contributed by atoms with Gasteiger partial charge in [-0.2, -0.15) is 0 Å². The van der Waals surface area contributed by atoms with Crippen LogP contribution in [0.2, 0.25) is 0 Å². The molecule has 0 spiro atoms. The molecular weight excluding hydrogens is 460 g/mol. The molecule has 2 heterocycles. The van der Waals surface area contributed by atoms with E-state index >= 15 is 0 Å². The van der Waals surface area contributed by atoms with Gasteiger partial charge < -0.3 is 35.2 Å². The van der Waals surface area contributed by atoms with E-state index in [0.29, 0.717) is 6.29 Å². The average Bonchev–Trinajstić information content (AvgIpc) is 3.19. The molecule has 13 nitrogen and oxygen atoms in total. The molecule has 1 aromatic rings. The van der Waals surface area contributed by atoms with Crippen LogP contribution in [0.3, 0.4) is 0 Å². The first-order valence-electron chi connectivity index (χ1n) is 11.5. The number of nitrogens with one attached hydrogen (secondary N) is 4. The lowest BCUT2D eigenvalue weighted by molar-refractivity contribution is -0.131. The standard InChI is InChI=1S/C22H34N6O7/c1-12(2)8-14-19(31)24-13(11-29)6-7-16(30)23-10-18-28-27-17(34-18)9-15(20(32)25-14)26-21(33)35-22(3,4)5/h11-15H,6-10H2,1-5H3,(H,23,30)(H,24,31)(H,25,32)(H,26,33)/t13-,14-,15-/m0/s1. The Balaban J connectivity index is 2.34. The Morgan fingerprint density at radius 3 is 2.49 bits per heavy atom. The van der Waals surface area contributed by atoms with Crippen molar-refractivity contribution in [1.82, 2.24) is 31.5 Å². The van der Waals surface area contributed by atoms with Crippen LogP contribution in [0.1, 0.15) is 65.7 Å². The summed E-state index contributed by atoms with van der Waals surface area (Å²) in [6.07, 6.45) is -0.161. The molecule has 13 heteroatoms. The summed E-state index contributed by atoms with van der Waals surface area (Å²) < 4.78 is 10.8. The number of fused-ring (bicyclic) bond motifs is 2. The first kappa shape index (κ1) is 27.7. The quantitative estimate of drug-likeness (QED) is 0.423. The number of amides is 4.